The summed E-state index contributed by atoms with van der Waals surface area (Å²) in [6, 6.07) is 5.74. The molecule has 0 saturated carbocycles. The van der Waals surface area contributed by atoms with Gasteiger partial charge in [0, 0.05) is 11.0 Å². The van der Waals surface area contributed by atoms with E-state index in [0.717, 1.165) is 4.47 Å². The molecule has 0 spiro atoms. The smallest absolute Gasteiger partial charge is 0.261 e. The first-order valence-corrected chi connectivity index (χ1v) is 11.2. The van der Waals surface area contributed by atoms with Gasteiger partial charge in [-0.3, -0.25) is 15.0 Å². The maximum atomic E-state index is 14.5. The molecule has 0 aliphatic carbocycles. The number of amides is 1. The fourth-order valence-corrected chi connectivity index (χ4v) is 4.00. The van der Waals surface area contributed by atoms with Crippen LogP contribution in [-0.4, -0.2) is 38.1 Å². The van der Waals surface area contributed by atoms with E-state index in [0.29, 0.717) is 12.1 Å². The Kier molecular flexibility index (Phi) is 8.33. The van der Waals surface area contributed by atoms with E-state index >= 15 is 0 Å². The molecule has 0 aliphatic heterocycles. The van der Waals surface area contributed by atoms with E-state index in [4.69, 9.17) is 17.6 Å². The number of nitrogens with one attached hydrogen (secondary N) is 2. The van der Waals surface area contributed by atoms with Gasteiger partial charge in [-0.05, 0) is 49.2 Å². The number of halogens is 3. The number of rotatable bonds is 11. The molecule has 174 valence electrons. The Balaban J connectivity index is 2.23. The molecule has 1 atom stereocenters. The van der Waals surface area contributed by atoms with Crippen LogP contribution in [0.25, 0.3) is 0 Å². The van der Waals surface area contributed by atoms with E-state index < -0.39 is 44.3 Å². The second kappa shape index (κ2) is 11.2. The summed E-state index contributed by atoms with van der Waals surface area (Å²) < 4.78 is 68.9. The highest BCUT2D eigenvalue weighted by molar-refractivity contribution is 9.10. The largest absolute Gasteiger partial charge is 0.451 e. The number of hydroxylamine groups is 1. The van der Waals surface area contributed by atoms with Crippen molar-refractivity contribution in [2.75, 3.05) is 6.54 Å². The topological polar surface area (TPSA) is 169 Å². The minimum atomic E-state index is -4.57. The van der Waals surface area contributed by atoms with Crippen molar-refractivity contribution in [2.45, 2.75) is 23.8 Å². The van der Waals surface area contributed by atoms with Crippen molar-refractivity contribution in [3.63, 3.8) is 0 Å². The van der Waals surface area contributed by atoms with Crippen LogP contribution in [0.2, 0.25) is 1.43 Å². The lowest BCUT2D eigenvalue weighted by atomic mass is 10.1. The van der Waals surface area contributed by atoms with Crippen LogP contribution in [0.1, 0.15) is 12.8 Å². The molecular formula is C18H20BrF2N5O5S. The number of carbonyl (C=O) groups is 1. The molecule has 1 amide bonds. The van der Waals surface area contributed by atoms with Gasteiger partial charge in [0.25, 0.3) is 5.91 Å². The fraction of sp³-hybridized carbons (Fsp3) is 0.222. The van der Waals surface area contributed by atoms with Gasteiger partial charge >= 0.3 is 0 Å². The monoisotopic (exact) mass is 536 g/mol. The number of benzene rings is 2. The lowest BCUT2D eigenvalue weighted by molar-refractivity contribution is -0.131. The van der Waals surface area contributed by atoms with Crippen molar-refractivity contribution in [1.29, 1.82) is 0 Å². The van der Waals surface area contributed by atoms with Crippen molar-refractivity contribution >= 4 is 37.8 Å². The first-order chi connectivity index (χ1) is 15.5. The number of ether oxygens (including phenoxy) is 1. The molecule has 32 heavy (non-hydrogen) atoms. The second-order valence-electron chi connectivity index (χ2n) is 6.36. The molecule has 0 fully saturated rings. The first-order valence-electron chi connectivity index (χ1n) is 9.36. The molecule has 7 N–H and O–H groups in total. The molecule has 10 nitrogen and oxygen atoms in total. The molecule has 0 aromatic heterocycles. The molecule has 0 unspecified atom stereocenters. The summed E-state index contributed by atoms with van der Waals surface area (Å²) in [7, 11) is -4.57. The summed E-state index contributed by atoms with van der Waals surface area (Å²) in [5.41, 5.74) is 12.1. The predicted molar refractivity (Wildman–Crippen MR) is 115 cm³/mol. The van der Waals surface area contributed by atoms with Crippen molar-refractivity contribution in [3.8, 4) is 11.5 Å². The first kappa shape index (κ1) is 23.8. The molecule has 0 aliphatic rings. The van der Waals surface area contributed by atoms with E-state index in [-0.39, 0.29) is 31.1 Å². The van der Waals surface area contributed by atoms with Gasteiger partial charge < -0.3 is 16.2 Å². The van der Waals surface area contributed by atoms with E-state index in [9.17, 15) is 22.0 Å². The SMILES string of the molecule is [2H]ONC(=O)[C@H](CCCN=C(N)N)NS(=O)(=O)c1cc(F)c(Oc2ccc(Br)cc2)c(F)c1. The predicted octanol–water partition coefficient (Wildman–Crippen LogP) is 1.73. The van der Waals surface area contributed by atoms with Gasteiger partial charge in [0.05, 0.1) is 4.90 Å². The van der Waals surface area contributed by atoms with Crippen LogP contribution >= 0.6 is 15.9 Å². The lowest BCUT2D eigenvalue weighted by Gasteiger charge is -2.17. The van der Waals surface area contributed by atoms with Gasteiger partial charge in [-0.2, -0.15) is 4.72 Å². The van der Waals surface area contributed by atoms with Crippen LogP contribution in [-0.2, 0) is 14.8 Å². The van der Waals surface area contributed by atoms with Crippen LogP contribution in [0.15, 0.2) is 50.8 Å². The standard InChI is InChI=1S/C18H20BrF2N5O5S/c19-10-3-5-11(6-4-10)31-16-13(20)8-12(9-14(16)21)32(29,30)26-15(17(27)25-28)2-1-7-24-18(22)23/h3-6,8-9,15,26,28H,1-2,7H2,(H,25,27)(H4,22,23,24)/t15-/m0/s1/i/hD. The second-order valence-corrected chi connectivity index (χ2v) is 8.99. The van der Waals surface area contributed by atoms with Crippen LogP contribution in [0.3, 0.4) is 0 Å². The maximum absolute atomic E-state index is 14.5. The molecule has 2 rings (SSSR count). The molecule has 2 aromatic rings. The lowest BCUT2D eigenvalue weighted by Crippen LogP contribution is -2.45. The van der Waals surface area contributed by atoms with Crippen LogP contribution < -0.4 is 26.4 Å². The average Bonchev–Trinajstić information content (AvgIpc) is 2.74. The van der Waals surface area contributed by atoms with Crippen molar-refractivity contribution in [2.24, 2.45) is 16.5 Å². The number of hydrogen-bond acceptors (Lipinski definition) is 6. The minimum absolute atomic E-state index is 0.0842. The number of aliphatic imine (C=N–C) groups is 1. The number of hydrogen-bond donors (Lipinski definition) is 5. The fourth-order valence-electron chi connectivity index (χ4n) is 2.48. The number of sulfonamides is 1. The minimum Gasteiger partial charge on any atom is -0.451 e. The third-order valence-corrected chi connectivity index (χ3v) is 5.96. The molecule has 2 aromatic carbocycles. The maximum Gasteiger partial charge on any atom is 0.261 e. The van der Waals surface area contributed by atoms with Gasteiger partial charge in [-0.25, -0.2) is 22.7 Å². The van der Waals surface area contributed by atoms with Crippen molar-refractivity contribution in [1.82, 2.24) is 10.2 Å². The zero-order valence-corrected chi connectivity index (χ0v) is 18.8. The zero-order valence-electron chi connectivity index (χ0n) is 17.3. The van der Waals surface area contributed by atoms with E-state index in [1.165, 1.54) is 12.1 Å². The Morgan fingerprint density at radius 1 is 1.25 bits per heavy atom. The molecule has 14 heteroatoms. The van der Waals surface area contributed by atoms with Gasteiger partial charge in [-0.1, -0.05) is 15.9 Å². The zero-order chi connectivity index (χ0) is 24.6. The third-order valence-electron chi connectivity index (χ3n) is 3.98. The van der Waals surface area contributed by atoms with Gasteiger partial charge in [-0.15, -0.1) is 0 Å². The third kappa shape index (κ3) is 7.12. The Bertz CT molecular complexity index is 1090. The van der Waals surface area contributed by atoms with Gasteiger partial charge in [0.15, 0.2) is 23.3 Å². The van der Waals surface area contributed by atoms with Crippen LogP contribution in [0, 0.1) is 11.6 Å². The van der Waals surface area contributed by atoms with E-state index in [1.54, 1.807) is 17.6 Å². The number of carbonyl (C=O) groups excluding carboxylic acids is 1. The van der Waals surface area contributed by atoms with E-state index in [2.05, 4.69) is 26.1 Å². The number of nitrogens with two attached hydrogens (primary N) is 2. The van der Waals surface area contributed by atoms with Gasteiger partial charge in [0.2, 0.25) is 11.5 Å². The highest BCUT2D eigenvalue weighted by Crippen LogP contribution is 2.30. The van der Waals surface area contributed by atoms with Gasteiger partial charge in [0.1, 0.15) is 11.8 Å². The molecular weight excluding hydrogens is 516 g/mol. The summed E-state index contributed by atoms with van der Waals surface area (Å²) in [6.07, 6.45) is 0.0557. The number of guanidine groups is 1. The summed E-state index contributed by atoms with van der Waals surface area (Å²) in [4.78, 5) is 15.0. The van der Waals surface area contributed by atoms with E-state index in [1.807, 2.05) is 4.72 Å². The molecule has 0 radical (unpaired) electrons. The van der Waals surface area contributed by atoms with Crippen LogP contribution in [0.5, 0.6) is 11.5 Å². The average molecular weight is 537 g/mol. The Labute approximate surface area is 192 Å². The number of nitrogens with zero attached hydrogens (tertiary/aromatic N) is 1. The Morgan fingerprint density at radius 3 is 2.44 bits per heavy atom. The van der Waals surface area contributed by atoms with Crippen LogP contribution in [0.4, 0.5) is 8.78 Å². The van der Waals surface area contributed by atoms with Crippen molar-refractivity contribution < 1.29 is 33.4 Å². The molecule has 0 bridgehead atoms. The highest BCUT2D eigenvalue weighted by atomic mass is 79.9. The highest BCUT2D eigenvalue weighted by Gasteiger charge is 2.27. The molecule has 0 saturated heterocycles. The quantitative estimate of drug-likeness (QED) is 0.0956. The Hall–Kier alpha value is -2.81. The Morgan fingerprint density at radius 2 is 1.88 bits per heavy atom. The summed E-state index contributed by atoms with van der Waals surface area (Å²) in [6.45, 7) is 0.0842. The summed E-state index contributed by atoms with van der Waals surface area (Å²) >= 11 is 3.22. The normalized spacial score (nSPS) is 12.5. The molecule has 0 heterocycles. The summed E-state index contributed by atoms with van der Waals surface area (Å²) in [5.74, 6) is -4.43. The summed E-state index contributed by atoms with van der Waals surface area (Å²) in [5, 5.41) is 3.78. The van der Waals surface area contributed by atoms with Crippen molar-refractivity contribution in [3.05, 3.63) is 52.5 Å².